The summed E-state index contributed by atoms with van der Waals surface area (Å²) < 4.78 is 11.2. The number of nitrogens with zero attached hydrogens (tertiary/aromatic N) is 2. The van der Waals surface area contributed by atoms with Gasteiger partial charge in [0.15, 0.2) is 0 Å². The minimum Gasteiger partial charge on any atom is -0.494 e. The summed E-state index contributed by atoms with van der Waals surface area (Å²) in [5.74, 6) is 0.191. The summed E-state index contributed by atoms with van der Waals surface area (Å²) in [7, 11) is 0. The molecular formula is C28H36N4O4. The van der Waals surface area contributed by atoms with Crippen molar-refractivity contribution in [3.05, 3.63) is 70.9 Å². The van der Waals surface area contributed by atoms with E-state index in [0.717, 1.165) is 25.2 Å². The predicted octanol–water partition coefficient (Wildman–Crippen LogP) is 3.78. The zero-order valence-electron chi connectivity index (χ0n) is 21.5. The van der Waals surface area contributed by atoms with Crippen LogP contribution in [0.5, 0.6) is 5.75 Å². The van der Waals surface area contributed by atoms with Crippen LogP contribution >= 0.6 is 0 Å². The number of esters is 1. The number of urea groups is 1. The first kappa shape index (κ1) is 25.6. The number of amides is 2. The van der Waals surface area contributed by atoms with Crippen molar-refractivity contribution >= 4 is 17.7 Å². The summed E-state index contributed by atoms with van der Waals surface area (Å²) in [6.07, 6.45) is 0. The van der Waals surface area contributed by atoms with Gasteiger partial charge < -0.3 is 25.0 Å². The van der Waals surface area contributed by atoms with Gasteiger partial charge in [-0.2, -0.15) is 0 Å². The van der Waals surface area contributed by atoms with Gasteiger partial charge in [0.25, 0.3) is 0 Å². The van der Waals surface area contributed by atoms with Gasteiger partial charge in [0.2, 0.25) is 0 Å². The lowest BCUT2D eigenvalue weighted by molar-refractivity contribution is -0.139. The van der Waals surface area contributed by atoms with E-state index >= 15 is 0 Å². The van der Waals surface area contributed by atoms with E-state index in [1.165, 1.54) is 11.3 Å². The van der Waals surface area contributed by atoms with E-state index in [9.17, 15) is 9.59 Å². The number of ether oxygens (including phenoxy) is 2. The normalized spacial score (nSPS) is 20.6. The van der Waals surface area contributed by atoms with Gasteiger partial charge in [0, 0.05) is 49.2 Å². The van der Waals surface area contributed by atoms with E-state index in [0.29, 0.717) is 30.2 Å². The Bertz CT molecular complexity index is 1110. The largest absolute Gasteiger partial charge is 0.494 e. The van der Waals surface area contributed by atoms with Crippen LogP contribution in [0.1, 0.15) is 37.9 Å². The quantitative estimate of drug-likeness (QED) is 0.546. The van der Waals surface area contributed by atoms with Crippen LogP contribution in [-0.2, 0) is 9.53 Å². The number of carbonyl (C=O) groups excluding carboxylic acids is 2. The number of nitrogens with one attached hydrogen (secondary N) is 2. The molecule has 0 radical (unpaired) electrons. The first-order valence-corrected chi connectivity index (χ1v) is 12.7. The van der Waals surface area contributed by atoms with Gasteiger partial charge in [0.05, 0.1) is 24.8 Å². The summed E-state index contributed by atoms with van der Waals surface area (Å²) in [5.41, 5.74) is 4.17. The molecule has 4 rings (SSSR count). The van der Waals surface area contributed by atoms with Gasteiger partial charge in [-0.1, -0.05) is 35.9 Å². The topological polar surface area (TPSA) is 83.1 Å². The number of anilines is 1. The number of carbonyl (C=O) groups is 2. The van der Waals surface area contributed by atoms with E-state index in [1.54, 1.807) is 6.92 Å². The SMILES string of the molecule is CCOC(=O)C1=C(CN2CCN(c3ccc(C)cc3)[C@H](C)C2)NC(=O)N[C@@H]1c1ccccc1OCC. The van der Waals surface area contributed by atoms with Crippen LogP contribution in [0.15, 0.2) is 59.8 Å². The van der Waals surface area contributed by atoms with Crippen LogP contribution in [-0.4, -0.2) is 62.3 Å². The number of rotatable bonds is 8. The molecule has 2 aromatic carbocycles. The predicted molar refractivity (Wildman–Crippen MR) is 140 cm³/mol. The van der Waals surface area contributed by atoms with Gasteiger partial charge in [0.1, 0.15) is 5.75 Å². The maximum Gasteiger partial charge on any atom is 0.338 e. The zero-order valence-corrected chi connectivity index (χ0v) is 21.5. The van der Waals surface area contributed by atoms with Crippen molar-refractivity contribution in [3.8, 4) is 5.75 Å². The third-order valence-corrected chi connectivity index (χ3v) is 6.64. The van der Waals surface area contributed by atoms with Crippen molar-refractivity contribution in [2.75, 3.05) is 44.3 Å². The second-order valence-corrected chi connectivity index (χ2v) is 9.23. The first-order valence-electron chi connectivity index (χ1n) is 12.7. The summed E-state index contributed by atoms with van der Waals surface area (Å²) >= 11 is 0. The Morgan fingerprint density at radius 3 is 2.50 bits per heavy atom. The summed E-state index contributed by atoms with van der Waals surface area (Å²) in [6, 6.07) is 15.3. The molecule has 0 aromatic heterocycles. The average molecular weight is 493 g/mol. The van der Waals surface area contributed by atoms with E-state index < -0.39 is 12.0 Å². The number of hydrogen-bond acceptors (Lipinski definition) is 6. The van der Waals surface area contributed by atoms with E-state index in [2.05, 4.69) is 58.5 Å². The molecular weight excluding hydrogens is 456 g/mol. The average Bonchev–Trinajstić information content (AvgIpc) is 2.85. The molecule has 0 aliphatic carbocycles. The maximum atomic E-state index is 13.2. The second kappa shape index (κ2) is 11.5. The Labute approximate surface area is 213 Å². The fraction of sp³-hybridized carbons (Fsp3) is 0.429. The van der Waals surface area contributed by atoms with Crippen molar-refractivity contribution in [1.29, 1.82) is 0 Å². The highest BCUT2D eigenvalue weighted by Crippen LogP contribution is 2.34. The Morgan fingerprint density at radius 1 is 1.06 bits per heavy atom. The lowest BCUT2D eigenvalue weighted by Crippen LogP contribution is -2.54. The van der Waals surface area contributed by atoms with Crippen LogP contribution in [0.4, 0.5) is 10.5 Å². The molecule has 0 bridgehead atoms. The fourth-order valence-electron chi connectivity index (χ4n) is 4.95. The number of piperazine rings is 1. The summed E-state index contributed by atoms with van der Waals surface area (Å²) in [6.45, 7) is 11.6. The maximum absolute atomic E-state index is 13.2. The smallest absolute Gasteiger partial charge is 0.338 e. The van der Waals surface area contributed by atoms with Gasteiger partial charge in [-0.25, -0.2) is 9.59 Å². The van der Waals surface area contributed by atoms with Crippen LogP contribution in [0.3, 0.4) is 0 Å². The molecule has 8 heteroatoms. The third-order valence-electron chi connectivity index (χ3n) is 6.64. The number of aryl methyl sites for hydroxylation is 1. The molecule has 0 saturated carbocycles. The molecule has 1 fully saturated rings. The molecule has 1 saturated heterocycles. The summed E-state index contributed by atoms with van der Waals surface area (Å²) in [5, 5.41) is 5.82. The van der Waals surface area contributed by atoms with Gasteiger partial charge in [-0.05, 0) is 45.9 Å². The van der Waals surface area contributed by atoms with Crippen LogP contribution < -0.4 is 20.3 Å². The molecule has 36 heavy (non-hydrogen) atoms. The molecule has 0 spiro atoms. The van der Waals surface area contributed by atoms with Crippen molar-refractivity contribution < 1.29 is 19.1 Å². The second-order valence-electron chi connectivity index (χ2n) is 9.23. The summed E-state index contributed by atoms with van der Waals surface area (Å²) in [4.78, 5) is 30.6. The van der Waals surface area contributed by atoms with E-state index in [1.807, 2.05) is 31.2 Å². The Balaban J connectivity index is 1.61. The highest BCUT2D eigenvalue weighted by molar-refractivity contribution is 5.95. The Morgan fingerprint density at radius 2 is 1.81 bits per heavy atom. The molecule has 192 valence electrons. The van der Waals surface area contributed by atoms with Crippen molar-refractivity contribution in [2.45, 2.75) is 39.8 Å². The number of hydrogen-bond donors (Lipinski definition) is 2. The first-order chi connectivity index (χ1) is 17.4. The Hall–Kier alpha value is -3.52. The monoisotopic (exact) mass is 492 g/mol. The molecule has 2 amide bonds. The molecule has 2 heterocycles. The molecule has 2 atom stereocenters. The zero-order chi connectivity index (χ0) is 25.7. The van der Waals surface area contributed by atoms with Gasteiger partial charge in [-0.3, -0.25) is 4.90 Å². The minimum absolute atomic E-state index is 0.246. The lowest BCUT2D eigenvalue weighted by atomic mass is 9.94. The van der Waals surface area contributed by atoms with E-state index in [4.69, 9.17) is 9.47 Å². The molecule has 2 aliphatic heterocycles. The highest BCUT2D eigenvalue weighted by Gasteiger charge is 2.36. The molecule has 8 nitrogen and oxygen atoms in total. The number of para-hydroxylation sites is 1. The number of benzene rings is 2. The van der Waals surface area contributed by atoms with Gasteiger partial charge in [-0.15, -0.1) is 0 Å². The fourth-order valence-corrected chi connectivity index (χ4v) is 4.95. The van der Waals surface area contributed by atoms with Crippen LogP contribution in [0, 0.1) is 6.92 Å². The minimum atomic E-state index is -0.665. The van der Waals surface area contributed by atoms with Crippen molar-refractivity contribution in [1.82, 2.24) is 15.5 Å². The lowest BCUT2D eigenvalue weighted by Gasteiger charge is -2.42. The standard InChI is InChI=1S/C28H36N4O4/c1-5-35-24-10-8-7-9-22(24)26-25(27(33)36-6-2)23(29-28(34)30-26)18-31-15-16-32(20(4)17-31)21-13-11-19(3)12-14-21/h7-14,20,26H,5-6,15-18H2,1-4H3,(H2,29,30,34)/t20-,26-/m1/s1. The van der Waals surface area contributed by atoms with Gasteiger partial charge >= 0.3 is 12.0 Å². The van der Waals surface area contributed by atoms with Crippen molar-refractivity contribution in [3.63, 3.8) is 0 Å². The van der Waals surface area contributed by atoms with Crippen LogP contribution in [0.2, 0.25) is 0 Å². The molecule has 2 aromatic rings. The Kier molecular flexibility index (Phi) is 8.15. The molecule has 2 N–H and O–H groups in total. The highest BCUT2D eigenvalue weighted by atomic mass is 16.5. The molecule has 0 unspecified atom stereocenters. The molecule has 2 aliphatic rings. The third kappa shape index (κ3) is 5.65. The van der Waals surface area contributed by atoms with Crippen molar-refractivity contribution in [2.24, 2.45) is 0 Å². The van der Waals surface area contributed by atoms with Crippen LogP contribution in [0.25, 0.3) is 0 Å². The van der Waals surface area contributed by atoms with E-state index in [-0.39, 0.29) is 18.7 Å².